The zero-order valence-electron chi connectivity index (χ0n) is 11.7. The molecule has 0 bridgehead atoms. The topological polar surface area (TPSA) is 46.2 Å². The van der Waals surface area contributed by atoms with E-state index in [0.717, 1.165) is 23.3 Å². The van der Waals surface area contributed by atoms with Gasteiger partial charge in [0.15, 0.2) is 0 Å². The molecule has 0 aromatic heterocycles. The zero-order valence-corrected chi connectivity index (χ0v) is 12.5. The lowest BCUT2D eigenvalue weighted by atomic mass is 10.1. The fraction of sp³-hybridized carbons (Fsp3) is 0.200. The van der Waals surface area contributed by atoms with Crippen molar-refractivity contribution in [1.29, 1.82) is 0 Å². The SMILES string of the molecule is CCc1cccc(C)c1NS(=O)(=O)c1cc(F)cc(F)c1. The molecule has 0 fully saturated rings. The lowest BCUT2D eigenvalue weighted by Gasteiger charge is -2.14. The Labute approximate surface area is 122 Å². The van der Waals surface area contributed by atoms with Gasteiger partial charge in [-0.1, -0.05) is 25.1 Å². The molecule has 0 spiro atoms. The van der Waals surface area contributed by atoms with E-state index in [0.29, 0.717) is 18.2 Å². The summed E-state index contributed by atoms with van der Waals surface area (Å²) in [6.45, 7) is 3.66. The molecule has 0 atom stereocenters. The van der Waals surface area contributed by atoms with Crippen molar-refractivity contribution >= 4 is 15.7 Å². The molecular formula is C15H15F2NO2S. The normalized spacial score (nSPS) is 11.4. The van der Waals surface area contributed by atoms with E-state index in [1.54, 1.807) is 19.1 Å². The zero-order chi connectivity index (χ0) is 15.6. The van der Waals surface area contributed by atoms with Crippen LogP contribution < -0.4 is 4.72 Å². The monoisotopic (exact) mass is 311 g/mol. The first-order valence-electron chi connectivity index (χ1n) is 6.41. The van der Waals surface area contributed by atoms with Crippen LogP contribution in [-0.4, -0.2) is 8.42 Å². The van der Waals surface area contributed by atoms with E-state index in [4.69, 9.17) is 0 Å². The van der Waals surface area contributed by atoms with E-state index in [1.807, 2.05) is 13.0 Å². The fourth-order valence-corrected chi connectivity index (χ4v) is 3.26. The highest BCUT2D eigenvalue weighted by molar-refractivity contribution is 7.92. The first kappa shape index (κ1) is 15.4. The molecule has 0 aliphatic carbocycles. The molecule has 0 heterocycles. The Morgan fingerprint density at radius 2 is 1.71 bits per heavy atom. The van der Waals surface area contributed by atoms with Crippen LogP contribution in [0.15, 0.2) is 41.3 Å². The second-order valence-corrected chi connectivity index (χ2v) is 6.36. The smallest absolute Gasteiger partial charge is 0.262 e. The number of aryl methyl sites for hydroxylation is 2. The lowest BCUT2D eigenvalue weighted by molar-refractivity contribution is 0.568. The van der Waals surface area contributed by atoms with E-state index in [9.17, 15) is 17.2 Å². The third-order valence-electron chi connectivity index (χ3n) is 3.12. The molecule has 0 unspecified atom stereocenters. The van der Waals surface area contributed by atoms with E-state index < -0.39 is 26.6 Å². The summed E-state index contributed by atoms with van der Waals surface area (Å²) in [6.07, 6.45) is 0.636. The lowest BCUT2D eigenvalue weighted by Crippen LogP contribution is -2.15. The molecule has 0 amide bonds. The van der Waals surface area contributed by atoms with Crippen molar-refractivity contribution in [2.45, 2.75) is 25.2 Å². The van der Waals surface area contributed by atoms with Gasteiger partial charge >= 0.3 is 0 Å². The minimum Gasteiger partial charge on any atom is -0.279 e. The van der Waals surface area contributed by atoms with Gasteiger partial charge in [0.1, 0.15) is 11.6 Å². The van der Waals surface area contributed by atoms with Crippen molar-refractivity contribution in [2.75, 3.05) is 4.72 Å². The summed E-state index contributed by atoms with van der Waals surface area (Å²) in [4.78, 5) is -0.440. The van der Waals surface area contributed by atoms with E-state index >= 15 is 0 Å². The second-order valence-electron chi connectivity index (χ2n) is 4.67. The van der Waals surface area contributed by atoms with Crippen LogP contribution in [0.3, 0.4) is 0 Å². The average molecular weight is 311 g/mol. The highest BCUT2D eigenvalue weighted by atomic mass is 32.2. The average Bonchev–Trinajstić information content (AvgIpc) is 2.40. The van der Waals surface area contributed by atoms with Crippen LogP contribution in [-0.2, 0) is 16.4 Å². The van der Waals surface area contributed by atoms with Gasteiger partial charge in [-0.15, -0.1) is 0 Å². The van der Waals surface area contributed by atoms with Crippen LogP contribution in [0, 0.1) is 18.6 Å². The maximum absolute atomic E-state index is 13.2. The van der Waals surface area contributed by atoms with Crippen molar-refractivity contribution in [3.63, 3.8) is 0 Å². The number of nitrogens with one attached hydrogen (secondary N) is 1. The molecule has 0 radical (unpaired) electrons. The summed E-state index contributed by atoms with van der Waals surface area (Å²) < 4.78 is 53.4. The maximum Gasteiger partial charge on any atom is 0.262 e. The van der Waals surface area contributed by atoms with E-state index in [1.165, 1.54) is 0 Å². The van der Waals surface area contributed by atoms with Crippen LogP contribution in [0.5, 0.6) is 0 Å². The third-order valence-corrected chi connectivity index (χ3v) is 4.45. The minimum atomic E-state index is -4.04. The Morgan fingerprint density at radius 3 is 2.29 bits per heavy atom. The van der Waals surface area contributed by atoms with Gasteiger partial charge in [0.05, 0.1) is 10.6 Å². The summed E-state index contributed by atoms with van der Waals surface area (Å²) in [7, 11) is -4.04. The number of hydrogen-bond donors (Lipinski definition) is 1. The van der Waals surface area contributed by atoms with Gasteiger partial charge in [-0.05, 0) is 36.6 Å². The Hall–Kier alpha value is -1.95. The van der Waals surface area contributed by atoms with E-state index in [2.05, 4.69) is 4.72 Å². The molecule has 6 heteroatoms. The first-order chi connectivity index (χ1) is 9.83. The van der Waals surface area contributed by atoms with Crippen LogP contribution in [0.25, 0.3) is 0 Å². The number of rotatable bonds is 4. The molecular weight excluding hydrogens is 296 g/mol. The highest BCUT2D eigenvalue weighted by Crippen LogP contribution is 2.25. The number of halogens is 2. The molecule has 3 nitrogen and oxygen atoms in total. The first-order valence-corrected chi connectivity index (χ1v) is 7.89. The largest absolute Gasteiger partial charge is 0.279 e. The fourth-order valence-electron chi connectivity index (χ4n) is 2.05. The molecule has 21 heavy (non-hydrogen) atoms. The van der Waals surface area contributed by atoms with Crippen molar-refractivity contribution < 1.29 is 17.2 Å². The van der Waals surface area contributed by atoms with E-state index in [-0.39, 0.29) is 0 Å². The van der Waals surface area contributed by atoms with Gasteiger partial charge in [-0.2, -0.15) is 0 Å². The van der Waals surface area contributed by atoms with Crippen molar-refractivity contribution in [3.05, 3.63) is 59.2 Å². The molecule has 2 aromatic carbocycles. The summed E-state index contributed by atoms with van der Waals surface area (Å²) in [5.74, 6) is -1.87. The van der Waals surface area contributed by atoms with Gasteiger partial charge in [-0.3, -0.25) is 4.72 Å². The molecule has 2 rings (SSSR count). The number of para-hydroxylation sites is 1. The van der Waals surface area contributed by atoms with Crippen molar-refractivity contribution in [2.24, 2.45) is 0 Å². The quantitative estimate of drug-likeness (QED) is 0.937. The standard InChI is InChI=1S/C15H15F2NO2S/c1-3-11-6-4-5-10(2)15(11)18-21(19,20)14-8-12(16)7-13(17)9-14/h4-9,18H,3H2,1-2H3. The second kappa shape index (κ2) is 5.81. The summed E-state index contributed by atoms with van der Waals surface area (Å²) >= 11 is 0. The van der Waals surface area contributed by atoms with Gasteiger partial charge in [0, 0.05) is 6.07 Å². The maximum atomic E-state index is 13.2. The molecule has 1 N–H and O–H groups in total. The van der Waals surface area contributed by atoms with Gasteiger partial charge < -0.3 is 0 Å². The summed E-state index contributed by atoms with van der Waals surface area (Å²) in [6, 6.07) is 7.60. The number of sulfonamides is 1. The third kappa shape index (κ3) is 3.39. The number of hydrogen-bond acceptors (Lipinski definition) is 2. The van der Waals surface area contributed by atoms with Crippen LogP contribution in [0.2, 0.25) is 0 Å². The van der Waals surface area contributed by atoms with Crippen molar-refractivity contribution in [1.82, 2.24) is 0 Å². The molecule has 0 saturated carbocycles. The molecule has 0 aliphatic heterocycles. The molecule has 0 aliphatic rings. The number of benzene rings is 2. The van der Waals surface area contributed by atoms with Gasteiger partial charge in [0.25, 0.3) is 10.0 Å². The molecule has 2 aromatic rings. The Kier molecular flexibility index (Phi) is 4.27. The van der Waals surface area contributed by atoms with Gasteiger partial charge in [-0.25, -0.2) is 17.2 Å². The highest BCUT2D eigenvalue weighted by Gasteiger charge is 2.18. The van der Waals surface area contributed by atoms with Gasteiger partial charge in [0.2, 0.25) is 0 Å². The summed E-state index contributed by atoms with van der Waals surface area (Å²) in [5, 5.41) is 0. The van der Waals surface area contributed by atoms with Crippen LogP contribution >= 0.6 is 0 Å². The Bertz CT molecular complexity index is 753. The van der Waals surface area contributed by atoms with Crippen LogP contribution in [0.4, 0.5) is 14.5 Å². The minimum absolute atomic E-state index is 0.440. The molecule has 112 valence electrons. The van der Waals surface area contributed by atoms with Crippen molar-refractivity contribution in [3.8, 4) is 0 Å². The predicted octanol–water partition coefficient (Wildman–Crippen LogP) is 3.64. The predicted molar refractivity (Wildman–Crippen MR) is 77.7 cm³/mol. The Morgan fingerprint density at radius 1 is 1.10 bits per heavy atom. The summed E-state index contributed by atoms with van der Waals surface area (Å²) in [5.41, 5.74) is 2.01. The Balaban J connectivity index is 2.47. The molecule has 0 saturated heterocycles. The van der Waals surface area contributed by atoms with Crippen LogP contribution in [0.1, 0.15) is 18.1 Å². The number of anilines is 1.